The number of hydrogen-bond donors (Lipinski definition) is 1. The molecule has 0 atom stereocenters. The zero-order chi connectivity index (χ0) is 17.8. The summed E-state index contributed by atoms with van der Waals surface area (Å²) in [6, 6.07) is 15.0. The molecule has 126 valence electrons. The van der Waals surface area contributed by atoms with Gasteiger partial charge in [0, 0.05) is 24.5 Å². The Morgan fingerprint density at radius 3 is 2.60 bits per heavy atom. The van der Waals surface area contributed by atoms with E-state index in [4.69, 9.17) is 11.6 Å². The van der Waals surface area contributed by atoms with Crippen molar-refractivity contribution in [3.8, 4) is 0 Å². The number of para-hydroxylation sites is 1. The van der Waals surface area contributed by atoms with Crippen LogP contribution in [0.15, 0.2) is 60.9 Å². The summed E-state index contributed by atoms with van der Waals surface area (Å²) in [7, 11) is 1.67. The molecule has 0 aliphatic heterocycles. The molecule has 1 heterocycles. The minimum absolute atomic E-state index is 0.000771. The highest BCUT2D eigenvalue weighted by molar-refractivity contribution is 6.31. The molecule has 0 bridgehead atoms. The maximum Gasteiger partial charge on any atom is 0.276 e. The Morgan fingerprint density at radius 2 is 1.88 bits per heavy atom. The van der Waals surface area contributed by atoms with E-state index >= 15 is 0 Å². The molecule has 1 amide bonds. The van der Waals surface area contributed by atoms with Crippen LogP contribution < -0.4 is 10.2 Å². The van der Waals surface area contributed by atoms with Crippen LogP contribution in [0.25, 0.3) is 0 Å². The molecule has 0 saturated heterocycles. The standard InChI is InChI=1S/C18H14ClFN4O/c1-24(13-5-3-2-4-6-13)18(25)16-10-17(22-11-21-16)23-12-7-8-15(20)14(19)9-12/h2-11H,1H3,(H,21,22,23). The topological polar surface area (TPSA) is 58.1 Å². The molecule has 0 radical (unpaired) electrons. The molecule has 5 nitrogen and oxygen atoms in total. The Morgan fingerprint density at radius 1 is 1.12 bits per heavy atom. The first kappa shape index (κ1) is 16.9. The number of carbonyl (C=O) groups is 1. The van der Waals surface area contributed by atoms with Crippen LogP contribution in [-0.4, -0.2) is 22.9 Å². The summed E-state index contributed by atoms with van der Waals surface area (Å²) in [6.45, 7) is 0. The van der Waals surface area contributed by atoms with Gasteiger partial charge in [-0.25, -0.2) is 14.4 Å². The van der Waals surface area contributed by atoms with Gasteiger partial charge in [-0.05, 0) is 30.3 Å². The van der Waals surface area contributed by atoms with Crippen molar-refractivity contribution in [2.45, 2.75) is 0 Å². The Balaban J connectivity index is 1.81. The molecule has 3 aromatic rings. The zero-order valence-electron chi connectivity index (χ0n) is 13.3. The van der Waals surface area contributed by atoms with Crippen LogP contribution in [0.3, 0.4) is 0 Å². The molecule has 0 saturated carbocycles. The van der Waals surface area contributed by atoms with Gasteiger partial charge in [0.2, 0.25) is 0 Å². The summed E-state index contributed by atoms with van der Waals surface area (Å²) >= 11 is 5.76. The van der Waals surface area contributed by atoms with Gasteiger partial charge in [0.25, 0.3) is 5.91 Å². The average Bonchev–Trinajstić information content (AvgIpc) is 2.64. The minimum Gasteiger partial charge on any atom is -0.340 e. The normalized spacial score (nSPS) is 10.4. The van der Waals surface area contributed by atoms with E-state index in [9.17, 15) is 9.18 Å². The SMILES string of the molecule is CN(C(=O)c1cc(Nc2ccc(F)c(Cl)c2)ncn1)c1ccccc1. The summed E-state index contributed by atoms with van der Waals surface area (Å²) in [6.07, 6.45) is 1.29. The zero-order valence-corrected chi connectivity index (χ0v) is 14.0. The number of anilines is 3. The van der Waals surface area contributed by atoms with Crippen molar-refractivity contribution in [3.05, 3.63) is 77.5 Å². The number of aromatic nitrogens is 2. The van der Waals surface area contributed by atoms with Gasteiger partial charge in [-0.2, -0.15) is 0 Å². The number of carbonyl (C=O) groups excluding carboxylic acids is 1. The van der Waals surface area contributed by atoms with Gasteiger partial charge in [-0.1, -0.05) is 29.8 Å². The second-order valence-electron chi connectivity index (χ2n) is 5.24. The van der Waals surface area contributed by atoms with Crippen LogP contribution in [0.1, 0.15) is 10.5 Å². The van der Waals surface area contributed by atoms with Crippen LogP contribution in [-0.2, 0) is 0 Å². The largest absolute Gasteiger partial charge is 0.340 e. The lowest BCUT2D eigenvalue weighted by molar-refractivity contribution is 0.0988. The van der Waals surface area contributed by atoms with Gasteiger partial charge >= 0.3 is 0 Å². The van der Waals surface area contributed by atoms with Gasteiger partial charge in [0.05, 0.1) is 5.02 Å². The summed E-state index contributed by atoms with van der Waals surface area (Å²) in [4.78, 5) is 22.2. The Hall–Kier alpha value is -2.99. The average molecular weight is 357 g/mol. The number of rotatable bonds is 4. The summed E-state index contributed by atoms with van der Waals surface area (Å²) in [5, 5.41) is 2.97. The fourth-order valence-corrected chi connectivity index (χ4v) is 2.39. The quantitative estimate of drug-likeness (QED) is 0.757. The van der Waals surface area contributed by atoms with Crippen molar-refractivity contribution >= 4 is 34.7 Å². The number of halogens is 2. The van der Waals surface area contributed by atoms with E-state index in [-0.39, 0.29) is 16.6 Å². The first-order valence-corrected chi connectivity index (χ1v) is 7.79. The highest BCUT2D eigenvalue weighted by Gasteiger charge is 2.15. The van der Waals surface area contributed by atoms with E-state index in [1.807, 2.05) is 30.3 Å². The molecule has 1 N–H and O–H groups in total. The van der Waals surface area contributed by atoms with E-state index in [1.54, 1.807) is 7.05 Å². The monoisotopic (exact) mass is 356 g/mol. The lowest BCUT2D eigenvalue weighted by atomic mass is 10.2. The molecular formula is C18H14ClFN4O. The van der Waals surface area contributed by atoms with Gasteiger partial charge in [-0.15, -0.1) is 0 Å². The molecule has 3 rings (SSSR count). The molecular weight excluding hydrogens is 343 g/mol. The van der Waals surface area contributed by atoms with Crippen molar-refractivity contribution in [2.24, 2.45) is 0 Å². The van der Waals surface area contributed by atoms with Crippen LogP contribution in [0, 0.1) is 5.82 Å². The lowest BCUT2D eigenvalue weighted by Crippen LogP contribution is -2.27. The highest BCUT2D eigenvalue weighted by Crippen LogP contribution is 2.22. The number of nitrogens with zero attached hydrogens (tertiary/aromatic N) is 3. The second kappa shape index (κ2) is 7.27. The molecule has 25 heavy (non-hydrogen) atoms. The Labute approximate surface area is 149 Å². The summed E-state index contributed by atoms with van der Waals surface area (Å²) in [5.41, 5.74) is 1.54. The molecule has 0 spiro atoms. The van der Waals surface area contributed by atoms with Crippen LogP contribution >= 0.6 is 11.6 Å². The molecule has 7 heteroatoms. The van der Waals surface area contributed by atoms with Gasteiger partial charge in [0.15, 0.2) is 0 Å². The van der Waals surface area contributed by atoms with Gasteiger partial charge in [0.1, 0.15) is 23.7 Å². The maximum absolute atomic E-state index is 13.2. The number of amides is 1. The number of hydrogen-bond acceptors (Lipinski definition) is 4. The molecule has 2 aromatic carbocycles. The second-order valence-corrected chi connectivity index (χ2v) is 5.65. The third-order valence-corrected chi connectivity index (χ3v) is 3.82. The van der Waals surface area contributed by atoms with E-state index in [2.05, 4.69) is 15.3 Å². The predicted molar refractivity (Wildman–Crippen MR) is 95.9 cm³/mol. The Bertz CT molecular complexity index is 905. The number of benzene rings is 2. The lowest BCUT2D eigenvalue weighted by Gasteiger charge is -2.17. The van der Waals surface area contributed by atoms with Crippen molar-refractivity contribution in [1.82, 2.24) is 9.97 Å². The van der Waals surface area contributed by atoms with Crippen molar-refractivity contribution < 1.29 is 9.18 Å². The molecule has 0 aliphatic rings. The molecule has 1 aromatic heterocycles. The van der Waals surface area contributed by atoms with E-state index in [1.165, 1.54) is 35.5 Å². The van der Waals surface area contributed by atoms with E-state index < -0.39 is 5.82 Å². The smallest absolute Gasteiger partial charge is 0.276 e. The van der Waals surface area contributed by atoms with Crippen LogP contribution in [0.2, 0.25) is 5.02 Å². The summed E-state index contributed by atoms with van der Waals surface area (Å²) in [5.74, 6) is -0.369. The minimum atomic E-state index is -0.504. The van der Waals surface area contributed by atoms with Crippen molar-refractivity contribution in [2.75, 3.05) is 17.3 Å². The molecule has 0 unspecified atom stereocenters. The summed E-state index contributed by atoms with van der Waals surface area (Å²) < 4.78 is 13.2. The van der Waals surface area contributed by atoms with Crippen molar-refractivity contribution in [1.29, 1.82) is 0 Å². The van der Waals surface area contributed by atoms with Gasteiger partial charge < -0.3 is 10.2 Å². The third-order valence-electron chi connectivity index (χ3n) is 3.53. The molecule has 0 fully saturated rings. The van der Waals surface area contributed by atoms with Crippen LogP contribution in [0.5, 0.6) is 0 Å². The third kappa shape index (κ3) is 3.92. The maximum atomic E-state index is 13.2. The number of nitrogens with one attached hydrogen (secondary N) is 1. The van der Waals surface area contributed by atoms with E-state index in [0.717, 1.165) is 5.69 Å². The van der Waals surface area contributed by atoms with Gasteiger partial charge in [-0.3, -0.25) is 4.79 Å². The van der Waals surface area contributed by atoms with Crippen LogP contribution in [0.4, 0.5) is 21.6 Å². The first-order valence-electron chi connectivity index (χ1n) is 7.42. The Kier molecular flexibility index (Phi) is 4.90. The highest BCUT2D eigenvalue weighted by atomic mass is 35.5. The molecule has 0 aliphatic carbocycles. The first-order chi connectivity index (χ1) is 12.0. The predicted octanol–water partition coefficient (Wildman–Crippen LogP) is 4.29. The van der Waals surface area contributed by atoms with E-state index in [0.29, 0.717) is 11.5 Å². The van der Waals surface area contributed by atoms with Crippen molar-refractivity contribution in [3.63, 3.8) is 0 Å². The fourth-order valence-electron chi connectivity index (χ4n) is 2.21. The fraction of sp³-hybridized carbons (Fsp3) is 0.0556.